The second-order valence-corrected chi connectivity index (χ2v) is 4.74. The average molecular weight is 263 g/mol. The molecule has 17 heavy (non-hydrogen) atoms. The van der Waals surface area contributed by atoms with Crippen LogP contribution in [0.25, 0.3) is 0 Å². The van der Waals surface area contributed by atoms with E-state index in [4.69, 9.17) is 22.1 Å². The minimum Gasteiger partial charge on any atom is -0.444 e. The molecule has 0 saturated carbocycles. The fourth-order valence-electron chi connectivity index (χ4n) is 0.887. The Kier molecular flexibility index (Phi) is 7.56. The molecule has 0 aromatic heterocycles. The van der Waals surface area contributed by atoms with Gasteiger partial charge in [0.05, 0.1) is 6.61 Å². The van der Waals surface area contributed by atoms with Crippen molar-refractivity contribution in [1.29, 1.82) is 0 Å². The number of carbonyl (C=O) groups excluding carboxylic acids is 1. The molecule has 0 bridgehead atoms. The van der Waals surface area contributed by atoms with Gasteiger partial charge in [-0.05, 0) is 33.0 Å². The number of ether oxygens (including phenoxy) is 1. The highest BCUT2D eigenvalue weighted by Crippen LogP contribution is 2.05. The van der Waals surface area contributed by atoms with Gasteiger partial charge in [0, 0.05) is 19.6 Å². The zero-order valence-corrected chi connectivity index (χ0v) is 11.3. The molecule has 4 N–H and O–H groups in total. The second-order valence-electron chi connectivity index (χ2n) is 4.33. The van der Waals surface area contributed by atoms with Crippen molar-refractivity contribution in [2.24, 2.45) is 0 Å². The van der Waals surface area contributed by atoms with Crippen molar-refractivity contribution in [1.82, 2.24) is 16.0 Å². The van der Waals surface area contributed by atoms with Gasteiger partial charge >= 0.3 is 6.09 Å². The highest BCUT2D eigenvalue weighted by Gasteiger charge is 2.15. The van der Waals surface area contributed by atoms with E-state index in [2.05, 4.69) is 16.0 Å². The fraction of sp³-hybridized carbons (Fsp3) is 0.800. The van der Waals surface area contributed by atoms with Crippen LogP contribution >= 0.6 is 12.2 Å². The van der Waals surface area contributed by atoms with Gasteiger partial charge < -0.3 is 25.8 Å². The molecule has 0 aromatic carbocycles. The molecule has 0 aliphatic heterocycles. The summed E-state index contributed by atoms with van der Waals surface area (Å²) in [5, 5.41) is 17.2. The van der Waals surface area contributed by atoms with Crippen LogP contribution in [0.1, 0.15) is 20.8 Å². The maximum atomic E-state index is 11.2. The first-order valence-electron chi connectivity index (χ1n) is 5.44. The Balaban J connectivity index is 3.51. The van der Waals surface area contributed by atoms with E-state index in [1.54, 1.807) is 20.8 Å². The van der Waals surface area contributed by atoms with Gasteiger partial charge in [-0.3, -0.25) is 0 Å². The standard InChI is InChI=1S/C10H21N3O3S/c1-10(2,3)16-9(15)13-5-4-11-8(17)12-6-7-14/h14H,4-7H2,1-3H3,(H,13,15)(H2,11,12,17). The molecule has 0 heterocycles. The van der Waals surface area contributed by atoms with Crippen molar-refractivity contribution in [3.05, 3.63) is 0 Å². The fourth-order valence-corrected chi connectivity index (χ4v) is 1.09. The molecule has 0 aliphatic rings. The van der Waals surface area contributed by atoms with Crippen LogP contribution in [0, 0.1) is 0 Å². The first-order chi connectivity index (χ1) is 7.85. The molecular formula is C10H21N3O3S. The third-order valence-corrected chi connectivity index (χ3v) is 1.76. The van der Waals surface area contributed by atoms with Crippen molar-refractivity contribution >= 4 is 23.4 Å². The Morgan fingerprint density at radius 3 is 2.24 bits per heavy atom. The number of aliphatic hydroxyl groups is 1. The number of carbonyl (C=O) groups is 1. The quantitative estimate of drug-likeness (QED) is 0.412. The smallest absolute Gasteiger partial charge is 0.407 e. The number of thiocarbonyl (C=S) groups is 1. The van der Waals surface area contributed by atoms with Crippen molar-refractivity contribution < 1.29 is 14.6 Å². The maximum absolute atomic E-state index is 11.2. The first-order valence-corrected chi connectivity index (χ1v) is 5.85. The van der Waals surface area contributed by atoms with E-state index < -0.39 is 11.7 Å². The molecule has 0 aromatic rings. The minimum atomic E-state index is -0.491. The second kappa shape index (κ2) is 8.08. The summed E-state index contributed by atoms with van der Waals surface area (Å²) < 4.78 is 5.05. The molecule has 0 unspecified atom stereocenters. The maximum Gasteiger partial charge on any atom is 0.407 e. The molecule has 100 valence electrons. The normalized spacial score (nSPS) is 10.6. The number of amides is 1. The van der Waals surface area contributed by atoms with E-state index in [9.17, 15) is 4.79 Å². The van der Waals surface area contributed by atoms with Crippen LogP contribution in [0.2, 0.25) is 0 Å². The van der Waals surface area contributed by atoms with Crippen LogP contribution in [0.3, 0.4) is 0 Å². The predicted molar refractivity (Wildman–Crippen MR) is 69.9 cm³/mol. The van der Waals surface area contributed by atoms with E-state index in [1.165, 1.54) is 0 Å². The average Bonchev–Trinajstić information content (AvgIpc) is 2.19. The lowest BCUT2D eigenvalue weighted by atomic mass is 10.2. The summed E-state index contributed by atoms with van der Waals surface area (Å²) in [4.78, 5) is 11.2. The van der Waals surface area contributed by atoms with Gasteiger partial charge in [-0.15, -0.1) is 0 Å². The summed E-state index contributed by atoms with van der Waals surface area (Å²) in [5.74, 6) is 0. The van der Waals surface area contributed by atoms with Gasteiger partial charge in [0.15, 0.2) is 5.11 Å². The molecule has 0 fully saturated rings. The Bertz CT molecular complexity index is 254. The van der Waals surface area contributed by atoms with Gasteiger partial charge in [-0.1, -0.05) is 0 Å². The summed E-state index contributed by atoms with van der Waals surface area (Å²) in [5.41, 5.74) is -0.491. The van der Waals surface area contributed by atoms with Crippen molar-refractivity contribution in [2.75, 3.05) is 26.2 Å². The highest BCUT2D eigenvalue weighted by molar-refractivity contribution is 7.80. The van der Waals surface area contributed by atoms with Gasteiger partial charge in [-0.2, -0.15) is 0 Å². The Hall–Kier alpha value is -1.08. The van der Waals surface area contributed by atoms with Gasteiger partial charge in [0.2, 0.25) is 0 Å². The van der Waals surface area contributed by atoms with Crippen LogP contribution in [0.15, 0.2) is 0 Å². The number of aliphatic hydroxyl groups excluding tert-OH is 1. The third-order valence-electron chi connectivity index (χ3n) is 1.48. The summed E-state index contributed by atoms with van der Waals surface area (Å²) in [6.07, 6.45) is -0.450. The van der Waals surface area contributed by atoms with Crippen molar-refractivity contribution in [3.63, 3.8) is 0 Å². The molecule has 0 atom stereocenters. The molecule has 1 amide bonds. The molecule has 0 spiro atoms. The number of rotatable bonds is 5. The number of alkyl carbamates (subject to hydrolysis) is 1. The van der Waals surface area contributed by atoms with E-state index >= 15 is 0 Å². The SMILES string of the molecule is CC(C)(C)OC(=O)NCCNC(=S)NCCO. The highest BCUT2D eigenvalue weighted by atomic mass is 32.1. The Labute approximate surface area is 107 Å². The van der Waals surface area contributed by atoms with Crippen LogP contribution < -0.4 is 16.0 Å². The molecule has 0 aliphatic carbocycles. The molecular weight excluding hydrogens is 242 g/mol. The van der Waals surface area contributed by atoms with Crippen LogP contribution in [-0.4, -0.2) is 48.2 Å². The lowest BCUT2D eigenvalue weighted by molar-refractivity contribution is 0.0529. The van der Waals surface area contributed by atoms with Gasteiger partial charge in [0.25, 0.3) is 0 Å². The topological polar surface area (TPSA) is 82.6 Å². The number of hydrogen-bond donors (Lipinski definition) is 4. The molecule has 0 radical (unpaired) electrons. The largest absolute Gasteiger partial charge is 0.444 e. The predicted octanol–water partition coefficient (Wildman–Crippen LogP) is -0.0325. The van der Waals surface area contributed by atoms with E-state index in [1.807, 2.05) is 0 Å². The number of hydrogen-bond acceptors (Lipinski definition) is 4. The lowest BCUT2D eigenvalue weighted by Crippen LogP contribution is -2.42. The summed E-state index contributed by atoms with van der Waals surface area (Å²) in [7, 11) is 0. The van der Waals surface area contributed by atoms with E-state index in [0.717, 1.165) is 0 Å². The van der Waals surface area contributed by atoms with E-state index in [0.29, 0.717) is 24.7 Å². The van der Waals surface area contributed by atoms with Crippen LogP contribution in [0.4, 0.5) is 4.79 Å². The monoisotopic (exact) mass is 263 g/mol. The summed E-state index contributed by atoms with van der Waals surface area (Å²) >= 11 is 4.91. The summed E-state index contributed by atoms with van der Waals surface area (Å²) in [6, 6.07) is 0. The lowest BCUT2D eigenvalue weighted by Gasteiger charge is -2.19. The van der Waals surface area contributed by atoms with Gasteiger partial charge in [-0.25, -0.2) is 4.79 Å². The van der Waals surface area contributed by atoms with Crippen LogP contribution in [0.5, 0.6) is 0 Å². The zero-order chi connectivity index (χ0) is 13.3. The molecule has 0 saturated heterocycles. The van der Waals surface area contributed by atoms with Gasteiger partial charge in [0.1, 0.15) is 5.60 Å². The summed E-state index contributed by atoms with van der Waals surface area (Å²) in [6.45, 7) is 6.76. The minimum absolute atomic E-state index is 0.0258. The van der Waals surface area contributed by atoms with Crippen molar-refractivity contribution in [2.45, 2.75) is 26.4 Å². The van der Waals surface area contributed by atoms with E-state index in [-0.39, 0.29) is 6.61 Å². The number of nitrogens with one attached hydrogen (secondary N) is 3. The first kappa shape index (κ1) is 15.9. The Morgan fingerprint density at radius 1 is 1.18 bits per heavy atom. The zero-order valence-electron chi connectivity index (χ0n) is 10.5. The molecule has 6 nitrogen and oxygen atoms in total. The van der Waals surface area contributed by atoms with Crippen LogP contribution in [-0.2, 0) is 4.74 Å². The molecule has 7 heteroatoms. The molecule has 0 rings (SSSR count). The Morgan fingerprint density at radius 2 is 1.71 bits per heavy atom. The third kappa shape index (κ3) is 11.2. The van der Waals surface area contributed by atoms with Crippen molar-refractivity contribution in [3.8, 4) is 0 Å².